The Bertz CT molecular complexity index is 727. The van der Waals surface area contributed by atoms with Crippen molar-refractivity contribution in [3.8, 4) is 0 Å². The van der Waals surface area contributed by atoms with Crippen LogP contribution in [0.2, 0.25) is 0 Å². The van der Waals surface area contributed by atoms with Gasteiger partial charge < -0.3 is 18.8 Å². The summed E-state index contributed by atoms with van der Waals surface area (Å²) < 4.78 is 17.0. The van der Waals surface area contributed by atoms with Crippen LogP contribution in [-0.2, 0) is 14.2 Å². The summed E-state index contributed by atoms with van der Waals surface area (Å²) in [6, 6.07) is 9.63. The Hall–Kier alpha value is -2.83. The second-order valence-corrected chi connectivity index (χ2v) is 6.05. The fourth-order valence-corrected chi connectivity index (χ4v) is 2.36. The molecule has 0 aliphatic carbocycles. The van der Waals surface area contributed by atoms with Crippen LogP contribution >= 0.6 is 0 Å². The van der Waals surface area contributed by atoms with Gasteiger partial charge in [0.1, 0.15) is 5.69 Å². The molecule has 0 bridgehead atoms. The zero-order chi connectivity index (χ0) is 19.1. The van der Waals surface area contributed by atoms with Gasteiger partial charge in [0.2, 0.25) is 0 Å². The third-order valence-electron chi connectivity index (χ3n) is 3.71. The highest BCUT2D eigenvalue weighted by molar-refractivity contribution is 5.87. The first-order valence-corrected chi connectivity index (χ1v) is 8.57. The Morgan fingerprint density at radius 2 is 1.77 bits per heavy atom. The van der Waals surface area contributed by atoms with Crippen LogP contribution in [-0.4, -0.2) is 34.1 Å². The summed E-state index contributed by atoms with van der Waals surface area (Å²) in [4.78, 5) is 28.2. The zero-order valence-electron chi connectivity index (χ0n) is 15.4. The summed E-state index contributed by atoms with van der Waals surface area (Å²) in [5.74, 6) is -0.616. The van der Waals surface area contributed by atoms with Crippen LogP contribution in [0.3, 0.4) is 0 Å². The van der Waals surface area contributed by atoms with E-state index in [1.807, 2.05) is 37.3 Å². The van der Waals surface area contributed by atoms with Crippen molar-refractivity contribution < 1.29 is 23.8 Å². The van der Waals surface area contributed by atoms with E-state index < -0.39 is 18.4 Å². The highest BCUT2D eigenvalue weighted by atomic mass is 16.8. The molecule has 0 aliphatic heterocycles. The van der Waals surface area contributed by atoms with Crippen molar-refractivity contribution in [2.75, 3.05) is 0 Å². The van der Waals surface area contributed by atoms with Gasteiger partial charge in [0.25, 0.3) is 6.29 Å². The first kappa shape index (κ1) is 19.5. The summed E-state index contributed by atoms with van der Waals surface area (Å²) in [5.41, 5.74) is 1.31. The van der Waals surface area contributed by atoms with E-state index in [9.17, 15) is 9.59 Å². The number of hydrogen-bond acceptors (Lipinski definition) is 6. The molecule has 0 saturated carbocycles. The summed E-state index contributed by atoms with van der Waals surface area (Å²) in [7, 11) is 0. The molecule has 7 heteroatoms. The maximum atomic E-state index is 12.5. The van der Waals surface area contributed by atoms with E-state index >= 15 is 0 Å². The average Bonchev–Trinajstić information content (AvgIpc) is 3.10. The number of benzene rings is 1. The van der Waals surface area contributed by atoms with Gasteiger partial charge in [0, 0.05) is 6.42 Å². The normalized spacial score (nSPS) is 13.1. The Labute approximate surface area is 152 Å². The second kappa shape index (κ2) is 9.03. The van der Waals surface area contributed by atoms with Crippen molar-refractivity contribution in [1.82, 2.24) is 9.55 Å². The van der Waals surface area contributed by atoms with Gasteiger partial charge in [-0.05, 0) is 26.3 Å². The molecule has 0 aliphatic rings. The molecule has 7 nitrogen and oxygen atoms in total. The highest BCUT2D eigenvalue weighted by Crippen LogP contribution is 2.20. The molecule has 0 amide bonds. The van der Waals surface area contributed by atoms with Gasteiger partial charge in [-0.15, -0.1) is 0 Å². The summed E-state index contributed by atoms with van der Waals surface area (Å²) in [6.45, 7) is 7.11. The van der Waals surface area contributed by atoms with Crippen molar-refractivity contribution in [2.24, 2.45) is 0 Å². The quantitative estimate of drug-likeness (QED) is 0.549. The number of rotatable bonds is 7. The predicted octanol–water partition coefficient (Wildman–Crippen LogP) is 3.95. The zero-order valence-corrected chi connectivity index (χ0v) is 15.4. The minimum absolute atomic E-state index is 0.104. The number of ether oxygens (including phenoxy) is 3. The van der Waals surface area contributed by atoms with Gasteiger partial charge in [-0.25, -0.2) is 14.6 Å². The topological polar surface area (TPSA) is 79.7 Å². The average molecular weight is 360 g/mol. The standard InChI is InChI=1S/C19H24N2O5/c1-5-17(26-19(23)24-13(2)3)25-18(22)16-11-20-12-21(16)14(4)15-9-7-6-8-10-15/h6-14,17H,5H2,1-4H3/t14-,17?/m1/s1. The lowest BCUT2D eigenvalue weighted by atomic mass is 10.1. The SMILES string of the molecule is CCC(OC(=O)OC(C)C)OC(=O)c1cncn1[C@H](C)c1ccccc1. The van der Waals surface area contributed by atoms with Crippen LogP contribution in [0.15, 0.2) is 42.9 Å². The van der Waals surface area contributed by atoms with E-state index in [0.29, 0.717) is 6.42 Å². The van der Waals surface area contributed by atoms with Gasteiger partial charge in [-0.3, -0.25) is 0 Å². The lowest BCUT2D eigenvalue weighted by Crippen LogP contribution is -2.27. The van der Waals surface area contributed by atoms with Gasteiger partial charge in [-0.2, -0.15) is 0 Å². The van der Waals surface area contributed by atoms with Crippen molar-refractivity contribution in [1.29, 1.82) is 0 Å². The number of imidazole rings is 1. The summed E-state index contributed by atoms with van der Waals surface area (Å²) >= 11 is 0. The maximum Gasteiger partial charge on any atom is 0.511 e. The Morgan fingerprint density at radius 3 is 2.38 bits per heavy atom. The first-order valence-electron chi connectivity index (χ1n) is 8.57. The molecule has 1 aromatic heterocycles. The Morgan fingerprint density at radius 1 is 1.08 bits per heavy atom. The first-order chi connectivity index (χ1) is 12.4. The van der Waals surface area contributed by atoms with E-state index in [4.69, 9.17) is 14.2 Å². The number of aromatic nitrogens is 2. The van der Waals surface area contributed by atoms with Crippen molar-refractivity contribution in [2.45, 2.75) is 52.6 Å². The van der Waals surface area contributed by atoms with Gasteiger partial charge in [0.05, 0.1) is 24.7 Å². The molecule has 0 saturated heterocycles. The molecule has 1 unspecified atom stereocenters. The van der Waals surface area contributed by atoms with Crippen LogP contribution in [0.4, 0.5) is 4.79 Å². The van der Waals surface area contributed by atoms with E-state index in [2.05, 4.69) is 4.98 Å². The third-order valence-corrected chi connectivity index (χ3v) is 3.71. The summed E-state index contributed by atoms with van der Waals surface area (Å²) in [6.07, 6.45) is 1.10. The highest BCUT2D eigenvalue weighted by Gasteiger charge is 2.23. The van der Waals surface area contributed by atoms with Crippen molar-refractivity contribution in [3.05, 3.63) is 54.1 Å². The van der Waals surface area contributed by atoms with E-state index in [-0.39, 0.29) is 17.8 Å². The number of hydrogen-bond donors (Lipinski definition) is 0. The van der Waals surface area contributed by atoms with Crippen LogP contribution in [0.25, 0.3) is 0 Å². The van der Waals surface area contributed by atoms with Gasteiger partial charge in [-0.1, -0.05) is 37.3 Å². The summed E-state index contributed by atoms with van der Waals surface area (Å²) in [5, 5.41) is 0. The second-order valence-electron chi connectivity index (χ2n) is 6.05. The van der Waals surface area contributed by atoms with Gasteiger partial charge >= 0.3 is 12.1 Å². The lowest BCUT2D eigenvalue weighted by Gasteiger charge is -2.19. The molecule has 1 aromatic carbocycles. The fraction of sp³-hybridized carbons (Fsp3) is 0.421. The molecule has 26 heavy (non-hydrogen) atoms. The van der Waals surface area contributed by atoms with E-state index in [1.165, 1.54) is 6.20 Å². The Balaban J connectivity index is 2.08. The molecule has 2 aromatic rings. The smallest absolute Gasteiger partial charge is 0.431 e. The van der Waals surface area contributed by atoms with E-state index in [0.717, 1.165) is 5.56 Å². The molecule has 2 rings (SSSR count). The van der Waals surface area contributed by atoms with Crippen molar-refractivity contribution >= 4 is 12.1 Å². The van der Waals surface area contributed by atoms with Crippen LogP contribution in [0.1, 0.15) is 56.2 Å². The van der Waals surface area contributed by atoms with Crippen LogP contribution < -0.4 is 0 Å². The largest absolute Gasteiger partial charge is 0.511 e. The van der Waals surface area contributed by atoms with Gasteiger partial charge in [0.15, 0.2) is 0 Å². The molecule has 2 atom stereocenters. The minimum Gasteiger partial charge on any atom is -0.431 e. The number of carbonyl (C=O) groups is 2. The number of esters is 1. The van der Waals surface area contributed by atoms with Crippen LogP contribution in [0.5, 0.6) is 0 Å². The maximum absolute atomic E-state index is 12.5. The van der Waals surface area contributed by atoms with Crippen LogP contribution in [0, 0.1) is 0 Å². The monoisotopic (exact) mass is 360 g/mol. The molecule has 140 valence electrons. The molecular formula is C19H24N2O5. The molecule has 0 fully saturated rings. The molecular weight excluding hydrogens is 336 g/mol. The molecule has 1 heterocycles. The van der Waals surface area contributed by atoms with E-state index in [1.54, 1.807) is 31.7 Å². The Kier molecular flexibility index (Phi) is 6.77. The third kappa shape index (κ3) is 5.08. The molecule has 0 N–H and O–H groups in total. The number of carbonyl (C=O) groups excluding carboxylic acids is 2. The molecule has 0 spiro atoms. The fourth-order valence-electron chi connectivity index (χ4n) is 2.36. The minimum atomic E-state index is -1.02. The van der Waals surface area contributed by atoms with Crippen molar-refractivity contribution in [3.63, 3.8) is 0 Å². The number of nitrogens with zero attached hydrogens (tertiary/aromatic N) is 2. The lowest BCUT2D eigenvalue weighted by molar-refractivity contribution is -0.0979. The molecule has 0 radical (unpaired) electrons. The predicted molar refractivity (Wildman–Crippen MR) is 94.7 cm³/mol.